The van der Waals surface area contributed by atoms with Crippen molar-refractivity contribution in [1.82, 2.24) is 0 Å². The van der Waals surface area contributed by atoms with Crippen LogP contribution in [0.2, 0.25) is 0 Å². The third kappa shape index (κ3) is 130. The number of terminal acetylenes is 1. The van der Waals surface area contributed by atoms with Gasteiger partial charge in [0.2, 0.25) is 0 Å². The van der Waals surface area contributed by atoms with Crippen LogP contribution >= 0.6 is 15.9 Å². The number of halogens is 1. The molecule has 0 rings (SSSR count). The highest BCUT2D eigenvalue weighted by Gasteiger charge is 1.43. The quantitative estimate of drug-likeness (QED) is 0.299. The average molecular weight is 174 g/mol. The molecule has 0 amide bonds. The van der Waals surface area contributed by atoms with Gasteiger partial charge in [0.05, 0.1) is 0 Å². The minimum atomic E-state index is 0. The van der Waals surface area contributed by atoms with E-state index < -0.39 is 0 Å². The van der Waals surface area contributed by atoms with Crippen LogP contribution in [0.4, 0.5) is 0 Å². The molecule has 0 fully saturated rings. The van der Waals surface area contributed by atoms with Gasteiger partial charge in [-0.1, -0.05) is 29.8 Å². The van der Waals surface area contributed by atoms with Crippen molar-refractivity contribution in [3.8, 4) is 12.3 Å². The summed E-state index contributed by atoms with van der Waals surface area (Å²) in [5.41, 5.74) is 0. The van der Waals surface area contributed by atoms with Crippen molar-refractivity contribution in [3.05, 3.63) is 0 Å². The van der Waals surface area contributed by atoms with E-state index in [1.165, 1.54) is 0 Å². The molecule has 0 spiro atoms. The van der Waals surface area contributed by atoms with Gasteiger partial charge in [-0.05, 0) is 0 Å². The Bertz CT molecular complexity index is 47.0. The van der Waals surface area contributed by atoms with E-state index in [2.05, 4.69) is 21.9 Å². The number of hydrogen-bond acceptors (Lipinski definition) is 0. The van der Waals surface area contributed by atoms with Crippen LogP contribution in [0.1, 0.15) is 20.3 Å². The fourth-order valence-corrected chi connectivity index (χ4v) is 0. The van der Waals surface area contributed by atoms with E-state index in [0.717, 1.165) is 11.8 Å². The summed E-state index contributed by atoms with van der Waals surface area (Å²) in [7, 11) is 0. The smallest absolute Gasteiger partial charge is 0.00576 e. The molecular weight excluding hydrogens is 163 g/mol. The van der Waals surface area contributed by atoms with Gasteiger partial charge >= 0.3 is 0 Å². The third-order valence-corrected chi connectivity index (χ3v) is 0.204. The van der Waals surface area contributed by atoms with Gasteiger partial charge in [0, 0.05) is 20.2 Å². The van der Waals surface area contributed by atoms with Crippen LogP contribution in [0, 0.1) is 12.3 Å². The fourth-order valence-electron chi connectivity index (χ4n) is 0. The number of alkyl halides is 1. The van der Waals surface area contributed by atoms with Crippen molar-refractivity contribution >= 4 is 24.3 Å². The zero-order valence-corrected chi connectivity index (χ0v) is 7.03. The Labute approximate surface area is 62.8 Å². The Hall–Kier alpha value is 0.105. The number of hydrogen-bond donors (Lipinski definition) is 0. The van der Waals surface area contributed by atoms with Crippen LogP contribution in [-0.4, -0.2) is 13.7 Å². The first-order chi connectivity index (χ1) is 3.33. The molecule has 2 heteroatoms. The first-order valence-corrected chi connectivity index (χ1v) is 3.45. The highest BCUT2D eigenvalue weighted by atomic mass is 79.9. The Morgan fingerprint density at radius 2 is 1.62 bits per heavy atom. The first kappa shape index (κ1) is 15.7. The first-order valence-electron chi connectivity index (χ1n) is 2.32. The highest BCUT2D eigenvalue weighted by molar-refractivity contribution is 9.09. The summed E-state index contributed by atoms with van der Waals surface area (Å²) in [5.74, 6) is 2.43. The Balaban J connectivity index is -0.0000000575. The monoisotopic (exact) mass is 173 g/mol. The van der Waals surface area contributed by atoms with Crippen LogP contribution in [0.3, 0.4) is 0 Å². The average Bonchev–Trinajstić information content (AvgIpc) is 1.69. The Morgan fingerprint density at radius 1 is 1.50 bits per heavy atom. The normalized spacial score (nSPS) is 4.75. The summed E-state index contributed by atoms with van der Waals surface area (Å²) in [6.45, 7) is 3.99. The van der Waals surface area contributed by atoms with E-state index in [1.54, 1.807) is 0 Å². The summed E-state index contributed by atoms with van der Waals surface area (Å²) in [5, 5.41) is 1.06. The topological polar surface area (TPSA) is 0 Å². The molecule has 0 saturated heterocycles. The van der Waals surface area contributed by atoms with Gasteiger partial charge in [0.25, 0.3) is 0 Å². The Morgan fingerprint density at radius 3 is 1.62 bits per heavy atom. The van der Waals surface area contributed by atoms with Crippen molar-refractivity contribution in [2.75, 3.05) is 5.33 Å². The lowest BCUT2D eigenvalue weighted by molar-refractivity contribution is 1.28. The zero-order chi connectivity index (χ0) is 6.12. The molecule has 45 valence electrons. The molecule has 0 aromatic heterocycles. The molecule has 0 unspecified atom stereocenters. The molecule has 0 aliphatic rings. The van der Waals surface area contributed by atoms with Crippen molar-refractivity contribution in [1.29, 1.82) is 0 Å². The van der Waals surface area contributed by atoms with Crippen molar-refractivity contribution in [3.63, 3.8) is 0 Å². The van der Waals surface area contributed by atoms with Gasteiger partial charge < -0.3 is 0 Å². The second-order valence-electron chi connectivity index (χ2n) is 0.825. The van der Waals surface area contributed by atoms with Gasteiger partial charge in [-0.25, -0.2) is 0 Å². The molecule has 0 heterocycles. The predicted molar refractivity (Wildman–Crippen MR) is 44.3 cm³/mol. The second kappa shape index (κ2) is 27.5. The SMILES string of the molecule is C#CCC.CCBr.[B]. The van der Waals surface area contributed by atoms with Crippen molar-refractivity contribution < 1.29 is 0 Å². The standard InChI is InChI=1S/C4H6.C2H5Br.B/c1-3-4-2;1-2-3;/h1H,4H2,2H3;2H2,1H3;. The zero-order valence-electron chi connectivity index (χ0n) is 5.45. The molecule has 0 bridgehead atoms. The lowest BCUT2D eigenvalue weighted by Gasteiger charge is -1.52. The molecular formula is C6H11BBr. The van der Waals surface area contributed by atoms with E-state index in [9.17, 15) is 0 Å². The molecule has 0 aliphatic carbocycles. The molecule has 0 N–H and O–H groups in total. The van der Waals surface area contributed by atoms with E-state index >= 15 is 0 Å². The minimum Gasteiger partial charge on any atom is -0.120 e. The third-order valence-electron chi connectivity index (χ3n) is 0.204. The maximum atomic E-state index is 4.78. The molecule has 0 aromatic rings. The largest absolute Gasteiger partial charge is 0.120 e. The molecule has 0 saturated carbocycles. The molecule has 0 nitrogen and oxygen atoms in total. The van der Waals surface area contributed by atoms with Gasteiger partial charge in [-0.2, -0.15) is 0 Å². The van der Waals surface area contributed by atoms with Gasteiger partial charge in [0.1, 0.15) is 0 Å². The molecule has 8 heavy (non-hydrogen) atoms. The van der Waals surface area contributed by atoms with Crippen LogP contribution in [0.15, 0.2) is 0 Å². The number of rotatable bonds is 0. The summed E-state index contributed by atoms with van der Waals surface area (Å²) < 4.78 is 0. The second-order valence-corrected chi connectivity index (χ2v) is 1.95. The van der Waals surface area contributed by atoms with Gasteiger partial charge in [0.15, 0.2) is 0 Å². The van der Waals surface area contributed by atoms with Crippen LogP contribution in [0.25, 0.3) is 0 Å². The van der Waals surface area contributed by atoms with Crippen LogP contribution in [-0.2, 0) is 0 Å². The molecule has 0 atom stereocenters. The van der Waals surface area contributed by atoms with E-state index in [4.69, 9.17) is 6.42 Å². The maximum absolute atomic E-state index is 4.78. The van der Waals surface area contributed by atoms with Crippen molar-refractivity contribution in [2.45, 2.75) is 20.3 Å². The highest BCUT2D eigenvalue weighted by Crippen LogP contribution is 1.67. The lowest BCUT2D eigenvalue weighted by Crippen LogP contribution is -1.38. The maximum Gasteiger partial charge on any atom is 0.00576 e. The minimum absolute atomic E-state index is 0. The fraction of sp³-hybridized carbons (Fsp3) is 0.667. The molecule has 0 aliphatic heterocycles. The predicted octanol–water partition coefficient (Wildman–Crippen LogP) is 2.05. The van der Waals surface area contributed by atoms with E-state index in [1.807, 2.05) is 13.8 Å². The van der Waals surface area contributed by atoms with Crippen LogP contribution < -0.4 is 0 Å². The lowest BCUT2D eigenvalue weighted by atomic mass is 10.5. The van der Waals surface area contributed by atoms with Crippen LogP contribution in [0.5, 0.6) is 0 Å². The summed E-state index contributed by atoms with van der Waals surface area (Å²) in [6.07, 6.45) is 5.62. The Kier molecular flexibility index (Phi) is 53.9. The van der Waals surface area contributed by atoms with E-state index in [-0.39, 0.29) is 8.41 Å². The summed E-state index contributed by atoms with van der Waals surface area (Å²) >= 11 is 3.15. The van der Waals surface area contributed by atoms with Gasteiger partial charge in [-0.15, -0.1) is 12.3 Å². The summed E-state index contributed by atoms with van der Waals surface area (Å²) in [6, 6.07) is 0. The summed E-state index contributed by atoms with van der Waals surface area (Å²) in [4.78, 5) is 0. The van der Waals surface area contributed by atoms with Gasteiger partial charge in [-0.3, -0.25) is 0 Å². The van der Waals surface area contributed by atoms with Crippen molar-refractivity contribution in [2.24, 2.45) is 0 Å². The van der Waals surface area contributed by atoms with E-state index in [0.29, 0.717) is 0 Å². The molecule has 3 radical (unpaired) electrons. The molecule has 0 aromatic carbocycles.